The van der Waals surface area contributed by atoms with Crippen LogP contribution in [-0.4, -0.2) is 25.1 Å². The molecule has 0 N–H and O–H groups in total. The highest BCUT2D eigenvalue weighted by molar-refractivity contribution is 5.82. The Balaban J connectivity index is 1.25. The SMILES string of the molecule is CN(CCCOc1ccc(-c2cc3ccccc3o2)cc1)Cc1ccccc1. The molecule has 28 heavy (non-hydrogen) atoms. The first-order valence-corrected chi connectivity index (χ1v) is 9.72. The van der Waals surface area contributed by atoms with Crippen LogP contribution >= 0.6 is 0 Å². The summed E-state index contributed by atoms with van der Waals surface area (Å²) in [5.41, 5.74) is 3.32. The first-order chi connectivity index (χ1) is 13.8. The van der Waals surface area contributed by atoms with Crippen LogP contribution in [0.3, 0.4) is 0 Å². The van der Waals surface area contributed by atoms with Crippen molar-refractivity contribution in [3.63, 3.8) is 0 Å². The van der Waals surface area contributed by atoms with Crippen molar-refractivity contribution < 1.29 is 9.15 Å². The quantitative estimate of drug-likeness (QED) is 0.355. The monoisotopic (exact) mass is 371 g/mol. The number of hydrogen-bond acceptors (Lipinski definition) is 3. The van der Waals surface area contributed by atoms with Gasteiger partial charge in [0.15, 0.2) is 0 Å². The van der Waals surface area contributed by atoms with Gasteiger partial charge >= 0.3 is 0 Å². The van der Waals surface area contributed by atoms with E-state index in [1.54, 1.807) is 0 Å². The molecule has 0 unspecified atom stereocenters. The number of benzene rings is 3. The molecule has 0 aliphatic carbocycles. The summed E-state index contributed by atoms with van der Waals surface area (Å²) in [6.07, 6.45) is 0.995. The van der Waals surface area contributed by atoms with E-state index in [1.807, 2.05) is 30.3 Å². The van der Waals surface area contributed by atoms with Gasteiger partial charge in [-0.05, 0) is 55.4 Å². The van der Waals surface area contributed by atoms with E-state index in [4.69, 9.17) is 9.15 Å². The number of fused-ring (bicyclic) bond motifs is 1. The predicted octanol–water partition coefficient (Wildman–Crippen LogP) is 6.00. The molecule has 3 nitrogen and oxygen atoms in total. The van der Waals surface area contributed by atoms with Gasteiger partial charge in [-0.1, -0.05) is 48.5 Å². The largest absolute Gasteiger partial charge is 0.494 e. The lowest BCUT2D eigenvalue weighted by Crippen LogP contribution is -2.20. The van der Waals surface area contributed by atoms with Crippen molar-refractivity contribution in [2.75, 3.05) is 20.2 Å². The fourth-order valence-corrected chi connectivity index (χ4v) is 3.34. The Bertz CT molecular complexity index is 973. The highest BCUT2D eigenvalue weighted by Gasteiger charge is 2.06. The van der Waals surface area contributed by atoms with E-state index in [1.165, 1.54) is 5.56 Å². The lowest BCUT2D eigenvalue weighted by molar-refractivity contribution is 0.259. The summed E-state index contributed by atoms with van der Waals surface area (Å²) in [6.45, 7) is 2.68. The zero-order valence-corrected chi connectivity index (χ0v) is 16.2. The first-order valence-electron chi connectivity index (χ1n) is 9.72. The molecule has 0 bridgehead atoms. The number of hydrogen-bond donors (Lipinski definition) is 0. The van der Waals surface area contributed by atoms with Gasteiger partial charge < -0.3 is 14.1 Å². The van der Waals surface area contributed by atoms with Gasteiger partial charge in [-0.15, -0.1) is 0 Å². The van der Waals surface area contributed by atoms with E-state index in [2.05, 4.69) is 66.5 Å². The molecule has 0 radical (unpaired) electrons. The van der Waals surface area contributed by atoms with Crippen LogP contribution in [0.15, 0.2) is 89.3 Å². The van der Waals surface area contributed by atoms with Crippen molar-refractivity contribution in [1.29, 1.82) is 0 Å². The number of ether oxygens (including phenoxy) is 1. The van der Waals surface area contributed by atoms with Crippen LogP contribution in [0.2, 0.25) is 0 Å². The zero-order valence-electron chi connectivity index (χ0n) is 16.2. The van der Waals surface area contributed by atoms with Gasteiger partial charge in [-0.2, -0.15) is 0 Å². The van der Waals surface area contributed by atoms with Gasteiger partial charge in [-0.25, -0.2) is 0 Å². The highest BCUT2D eigenvalue weighted by Crippen LogP contribution is 2.28. The molecule has 0 saturated heterocycles. The van der Waals surface area contributed by atoms with Gasteiger partial charge in [-0.3, -0.25) is 0 Å². The van der Waals surface area contributed by atoms with Gasteiger partial charge in [0.25, 0.3) is 0 Å². The van der Waals surface area contributed by atoms with Crippen molar-refractivity contribution in [1.82, 2.24) is 4.90 Å². The van der Waals surface area contributed by atoms with Crippen molar-refractivity contribution in [3.8, 4) is 17.1 Å². The minimum Gasteiger partial charge on any atom is -0.494 e. The molecule has 0 fully saturated rings. The Morgan fingerprint density at radius 3 is 2.39 bits per heavy atom. The van der Waals surface area contributed by atoms with Crippen molar-refractivity contribution in [3.05, 3.63) is 90.5 Å². The molecule has 0 aliphatic rings. The summed E-state index contributed by atoms with van der Waals surface area (Å²) in [5, 5.41) is 1.12. The van der Waals surface area contributed by atoms with Gasteiger partial charge in [0, 0.05) is 24.0 Å². The molecular weight excluding hydrogens is 346 g/mol. The second kappa shape index (κ2) is 8.77. The number of furan rings is 1. The normalized spacial score (nSPS) is 11.2. The molecule has 0 atom stereocenters. The van der Waals surface area contributed by atoms with Crippen LogP contribution in [0.25, 0.3) is 22.3 Å². The molecule has 1 aromatic heterocycles. The standard InChI is InChI=1S/C25H25NO2/c1-26(19-20-8-3-2-4-9-20)16-7-17-27-23-14-12-21(13-15-23)25-18-22-10-5-6-11-24(22)28-25/h2-6,8-15,18H,7,16-17,19H2,1H3. The predicted molar refractivity (Wildman–Crippen MR) is 115 cm³/mol. The lowest BCUT2D eigenvalue weighted by Gasteiger charge is -2.16. The van der Waals surface area contributed by atoms with Crippen LogP contribution in [0.1, 0.15) is 12.0 Å². The fraction of sp³-hybridized carbons (Fsp3) is 0.200. The molecule has 3 heteroatoms. The Morgan fingerprint density at radius 2 is 1.61 bits per heavy atom. The fourth-order valence-electron chi connectivity index (χ4n) is 3.34. The zero-order chi connectivity index (χ0) is 19.2. The third kappa shape index (κ3) is 4.62. The number of para-hydroxylation sites is 1. The van der Waals surface area contributed by atoms with Crippen LogP contribution in [0.5, 0.6) is 5.75 Å². The van der Waals surface area contributed by atoms with Gasteiger partial charge in [0.1, 0.15) is 17.1 Å². The first kappa shape index (κ1) is 18.3. The Morgan fingerprint density at radius 1 is 0.857 bits per heavy atom. The molecule has 1 heterocycles. The second-order valence-corrected chi connectivity index (χ2v) is 7.10. The van der Waals surface area contributed by atoms with E-state index in [0.29, 0.717) is 6.61 Å². The molecule has 3 aromatic carbocycles. The molecular formula is C25H25NO2. The molecule has 0 amide bonds. The molecule has 4 rings (SSSR count). The molecule has 142 valence electrons. The van der Waals surface area contributed by atoms with E-state index >= 15 is 0 Å². The maximum absolute atomic E-state index is 5.92. The summed E-state index contributed by atoms with van der Waals surface area (Å²) >= 11 is 0. The van der Waals surface area contributed by atoms with Crippen LogP contribution in [0, 0.1) is 0 Å². The molecule has 0 saturated carbocycles. The van der Waals surface area contributed by atoms with E-state index in [9.17, 15) is 0 Å². The van der Waals surface area contributed by atoms with Crippen LogP contribution in [0.4, 0.5) is 0 Å². The minimum atomic E-state index is 0.711. The summed E-state index contributed by atoms with van der Waals surface area (Å²) < 4.78 is 11.8. The maximum atomic E-state index is 5.92. The van der Waals surface area contributed by atoms with E-state index < -0.39 is 0 Å². The number of nitrogens with zero attached hydrogens (tertiary/aromatic N) is 1. The molecule has 0 spiro atoms. The molecule has 0 aliphatic heterocycles. The van der Waals surface area contributed by atoms with Crippen molar-refractivity contribution >= 4 is 11.0 Å². The smallest absolute Gasteiger partial charge is 0.135 e. The summed E-state index contributed by atoms with van der Waals surface area (Å²) in [4.78, 5) is 2.32. The second-order valence-electron chi connectivity index (χ2n) is 7.10. The average molecular weight is 371 g/mol. The third-order valence-electron chi connectivity index (χ3n) is 4.81. The van der Waals surface area contributed by atoms with Crippen LogP contribution in [-0.2, 0) is 6.54 Å². The summed E-state index contributed by atoms with van der Waals surface area (Å²) in [6, 6.07) is 28.8. The van der Waals surface area contributed by atoms with E-state index in [-0.39, 0.29) is 0 Å². The third-order valence-corrected chi connectivity index (χ3v) is 4.81. The lowest BCUT2D eigenvalue weighted by atomic mass is 10.1. The minimum absolute atomic E-state index is 0.711. The van der Waals surface area contributed by atoms with Crippen molar-refractivity contribution in [2.24, 2.45) is 0 Å². The molecule has 4 aromatic rings. The van der Waals surface area contributed by atoms with Crippen LogP contribution < -0.4 is 4.74 Å². The van der Waals surface area contributed by atoms with E-state index in [0.717, 1.165) is 47.6 Å². The van der Waals surface area contributed by atoms with Gasteiger partial charge in [0.2, 0.25) is 0 Å². The Labute approximate surface area is 166 Å². The topological polar surface area (TPSA) is 25.6 Å². The number of rotatable bonds is 8. The Hall–Kier alpha value is -3.04. The van der Waals surface area contributed by atoms with Gasteiger partial charge in [0.05, 0.1) is 6.61 Å². The summed E-state index contributed by atoms with van der Waals surface area (Å²) in [5.74, 6) is 1.78. The van der Waals surface area contributed by atoms with Crippen molar-refractivity contribution in [2.45, 2.75) is 13.0 Å². The average Bonchev–Trinajstić information content (AvgIpc) is 3.17. The maximum Gasteiger partial charge on any atom is 0.135 e. The Kier molecular flexibility index (Phi) is 5.74. The highest BCUT2D eigenvalue weighted by atomic mass is 16.5. The summed E-state index contributed by atoms with van der Waals surface area (Å²) in [7, 11) is 2.15.